The molecule has 6 atom stereocenters. The number of carbonyl (C=O) groups excluding carboxylic acids is 4. The number of allylic oxidation sites excluding steroid dienone is 2. The Bertz CT molecular complexity index is 2670. The lowest BCUT2D eigenvalue weighted by molar-refractivity contribution is -0.138. The molecule has 294 valence electrons. The number of nitrogens with one attached hydrogen (secondary N) is 1. The van der Waals surface area contributed by atoms with Crippen molar-refractivity contribution in [3.05, 3.63) is 150 Å². The van der Waals surface area contributed by atoms with E-state index in [4.69, 9.17) is 9.15 Å². The summed E-state index contributed by atoms with van der Waals surface area (Å²) in [5, 5.41) is 13.1. The Kier molecular flexibility index (Phi) is 8.52. The van der Waals surface area contributed by atoms with Crippen LogP contribution in [0.5, 0.6) is 11.5 Å². The van der Waals surface area contributed by atoms with Crippen LogP contribution >= 0.6 is 0 Å². The molecule has 2 saturated heterocycles. The van der Waals surface area contributed by atoms with Crippen LogP contribution in [0.15, 0.2) is 137 Å². The van der Waals surface area contributed by atoms with Crippen LogP contribution in [-0.4, -0.2) is 45.3 Å². The second-order valence-corrected chi connectivity index (χ2v) is 15.8. The Hall–Kier alpha value is -7.01. The highest BCUT2D eigenvalue weighted by Crippen LogP contribution is 2.65. The number of nitrogens with zero attached hydrogens (tertiary/aromatic N) is 3. The summed E-state index contributed by atoms with van der Waals surface area (Å²) in [6, 6.07) is 36.3. The number of amides is 4. The third-order valence-electron chi connectivity index (χ3n) is 12.7. The van der Waals surface area contributed by atoms with Crippen molar-refractivity contribution in [1.29, 1.82) is 0 Å². The summed E-state index contributed by atoms with van der Waals surface area (Å²) in [5.41, 5.74) is 7.41. The van der Waals surface area contributed by atoms with Crippen molar-refractivity contribution in [2.45, 2.75) is 38.0 Å². The number of ether oxygens (including phenoxy) is 1. The zero-order valence-electron chi connectivity index (χ0n) is 32.4. The van der Waals surface area contributed by atoms with Crippen LogP contribution in [0, 0.1) is 30.6 Å². The van der Waals surface area contributed by atoms with Gasteiger partial charge in [0.2, 0.25) is 17.7 Å². The van der Waals surface area contributed by atoms with E-state index in [0.717, 1.165) is 21.7 Å². The molecule has 3 fully saturated rings. The van der Waals surface area contributed by atoms with Gasteiger partial charge in [0.25, 0.3) is 11.8 Å². The number of aromatic nitrogens is 1. The largest absolute Gasteiger partial charge is 0.504 e. The first-order valence-corrected chi connectivity index (χ1v) is 20.0. The zero-order chi connectivity index (χ0) is 40.6. The molecule has 6 aromatic rings. The summed E-state index contributed by atoms with van der Waals surface area (Å²) in [7, 11) is 0. The molecule has 4 aliphatic rings. The average Bonchev–Trinajstić information content (AvgIpc) is 3.87. The van der Waals surface area contributed by atoms with Crippen molar-refractivity contribution >= 4 is 46.1 Å². The number of phenolic OH excluding ortho intramolecular Hbond substituents is 1. The molecule has 2 N–H and O–H groups in total. The third-order valence-corrected chi connectivity index (χ3v) is 12.7. The molecule has 1 aromatic heterocycles. The van der Waals surface area contributed by atoms with Crippen LogP contribution < -0.4 is 15.1 Å². The van der Waals surface area contributed by atoms with Crippen molar-refractivity contribution < 1.29 is 33.4 Å². The molecule has 0 radical (unpaired) electrons. The van der Waals surface area contributed by atoms with Crippen LogP contribution in [-0.2, 0) is 24.6 Å². The highest BCUT2D eigenvalue weighted by atomic mass is 16.5. The fourth-order valence-electron chi connectivity index (χ4n) is 10.1. The highest BCUT2D eigenvalue weighted by Gasteiger charge is 2.70. The van der Waals surface area contributed by atoms with E-state index in [9.17, 15) is 19.5 Å². The first kappa shape index (κ1) is 36.3. The Morgan fingerprint density at radius 2 is 1.58 bits per heavy atom. The van der Waals surface area contributed by atoms with Crippen molar-refractivity contribution in [3.8, 4) is 23.0 Å². The number of imide groups is 2. The molecular weight excluding hydrogens is 745 g/mol. The lowest BCUT2D eigenvalue weighted by atomic mass is 9.49. The van der Waals surface area contributed by atoms with Gasteiger partial charge in [-0.1, -0.05) is 83.9 Å². The standard InChI is InChI=1S/C48H40N4O7/c1-3-58-39-15-9-12-34(42(39)53)41-32-24-25-33-40(46(56)51(44(33)54)31-22-18-28(19-23-31)43-49-37-13-7-8-14-38(37)59-43)35(32)26-36-45(55)52(50-30-20-16-27(2)17-21-30)47(57)48(36,41)29-10-5-4-6-11-29/h4-24,33,35-36,40-41,50,53H,3,25-26H2,1-2H3. The maximum Gasteiger partial charge on any atom is 0.260 e. The summed E-state index contributed by atoms with van der Waals surface area (Å²) < 4.78 is 11.8. The minimum atomic E-state index is -1.53. The topological polar surface area (TPSA) is 142 Å². The maximum absolute atomic E-state index is 15.4. The molecule has 11 nitrogen and oxygen atoms in total. The molecule has 2 aliphatic carbocycles. The van der Waals surface area contributed by atoms with Gasteiger partial charge in [-0.25, -0.2) is 4.98 Å². The quantitative estimate of drug-likeness (QED) is 0.116. The van der Waals surface area contributed by atoms with Crippen LogP contribution in [0.4, 0.5) is 11.4 Å². The van der Waals surface area contributed by atoms with Gasteiger partial charge in [0, 0.05) is 17.0 Å². The summed E-state index contributed by atoms with van der Waals surface area (Å²) in [5.74, 6) is -5.05. The van der Waals surface area contributed by atoms with E-state index in [1.807, 2.05) is 98.8 Å². The summed E-state index contributed by atoms with van der Waals surface area (Å²) in [6.07, 6.45) is 2.34. The van der Waals surface area contributed by atoms with E-state index in [1.54, 1.807) is 42.5 Å². The Labute approximate surface area is 339 Å². The van der Waals surface area contributed by atoms with Gasteiger partial charge in [0.05, 0.1) is 41.2 Å². The molecule has 6 unspecified atom stereocenters. The Morgan fingerprint density at radius 1 is 0.831 bits per heavy atom. The molecule has 11 heteroatoms. The Morgan fingerprint density at radius 3 is 2.32 bits per heavy atom. The first-order valence-electron chi connectivity index (χ1n) is 20.0. The van der Waals surface area contributed by atoms with Gasteiger partial charge in [-0.15, -0.1) is 0 Å². The SMILES string of the molecule is CCOc1cccc(C2C3=CCC4C(=O)N(c5ccc(-c6nc7ccccc7o6)cc5)C(=O)C4C3CC3C(=O)N(Nc4ccc(C)cc4)C(=O)C32c2ccccc2)c1O. The monoisotopic (exact) mass is 784 g/mol. The molecule has 0 bridgehead atoms. The fourth-order valence-corrected chi connectivity index (χ4v) is 10.1. The molecule has 1 saturated carbocycles. The van der Waals surface area contributed by atoms with Gasteiger partial charge in [-0.05, 0) is 92.8 Å². The van der Waals surface area contributed by atoms with E-state index >= 15 is 4.79 Å². The van der Waals surface area contributed by atoms with Gasteiger partial charge in [0.15, 0.2) is 17.1 Å². The predicted molar refractivity (Wildman–Crippen MR) is 220 cm³/mol. The first-order chi connectivity index (χ1) is 28.7. The number of para-hydroxylation sites is 3. The highest BCUT2D eigenvalue weighted by molar-refractivity contribution is 6.22. The van der Waals surface area contributed by atoms with Gasteiger partial charge in [-0.2, -0.15) is 5.01 Å². The number of carbonyl (C=O) groups is 4. The predicted octanol–water partition coefficient (Wildman–Crippen LogP) is 8.10. The smallest absolute Gasteiger partial charge is 0.260 e. The second-order valence-electron chi connectivity index (χ2n) is 15.8. The van der Waals surface area contributed by atoms with E-state index in [1.165, 1.54) is 4.90 Å². The molecule has 59 heavy (non-hydrogen) atoms. The average molecular weight is 785 g/mol. The number of aromatic hydroxyl groups is 1. The van der Waals surface area contributed by atoms with E-state index in [-0.39, 0.29) is 42.8 Å². The lowest BCUT2D eigenvalue weighted by Gasteiger charge is -2.50. The van der Waals surface area contributed by atoms with Gasteiger partial charge >= 0.3 is 0 Å². The summed E-state index contributed by atoms with van der Waals surface area (Å²) >= 11 is 0. The fraction of sp³-hybridized carbons (Fsp3) is 0.229. The van der Waals surface area contributed by atoms with E-state index in [0.29, 0.717) is 39.5 Å². The van der Waals surface area contributed by atoms with Crippen molar-refractivity contribution in [2.24, 2.45) is 23.7 Å². The van der Waals surface area contributed by atoms with Crippen LogP contribution in [0.1, 0.15) is 42.4 Å². The minimum absolute atomic E-state index is 0.129. The number of fused-ring (bicyclic) bond motifs is 5. The number of aryl methyl sites for hydroxylation is 1. The number of hydrogen-bond acceptors (Lipinski definition) is 9. The lowest BCUT2D eigenvalue weighted by Crippen LogP contribution is -2.53. The van der Waals surface area contributed by atoms with Gasteiger partial charge in [-0.3, -0.25) is 29.5 Å². The van der Waals surface area contributed by atoms with E-state index in [2.05, 4.69) is 10.4 Å². The molecule has 0 spiro atoms. The number of phenols is 1. The number of oxazole rings is 1. The van der Waals surface area contributed by atoms with Gasteiger partial charge in [0.1, 0.15) is 5.52 Å². The molecule has 3 heterocycles. The number of hydrogen-bond donors (Lipinski definition) is 2. The van der Waals surface area contributed by atoms with Gasteiger partial charge < -0.3 is 14.3 Å². The zero-order valence-corrected chi connectivity index (χ0v) is 32.4. The minimum Gasteiger partial charge on any atom is -0.504 e. The van der Waals surface area contributed by atoms with Crippen LogP contribution in [0.3, 0.4) is 0 Å². The normalized spacial score (nSPS) is 24.8. The van der Waals surface area contributed by atoms with Crippen LogP contribution in [0.2, 0.25) is 0 Å². The molecular formula is C48H40N4O7. The Balaban J connectivity index is 1.09. The van der Waals surface area contributed by atoms with Crippen molar-refractivity contribution in [2.75, 3.05) is 16.9 Å². The molecule has 2 aliphatic heterocycles. The number of anilines is 2. The van der Waals surface area contributed by atoms with E-state index < -0.39 is 46.8 Å². The second kappa shape index (κ2) is 13.8. The van der Waals surface area contributed by atoms with Crippen LogP contribution in [0.25, 0.3) is 22.6 Å². The molecule has 10 rings (SSSR count). The summed E-state index contributed by atoms with van der Waals surface area (Å²) in [6.45, 7) is 4.06. The maximum atomic E-state index is 15.4. The molecule has 5 aromatic carbocycles. The third kappa shape index (κ3) is 5.44. The number of hydrazine groups is 1. The number of rotatable bonds is 8. The molecule has 4 amide bonds. The van der Waals surface area contributed by atoms with Crippen molar-refractivity contribution in [1.82, 2.24) is 9.99 Å². The summed E-state index contributed by atoms with van der Waals surface area (Å²) in [4.78, 5) is 65.5. The van der Waals surface area contributed by atoms with Crippen molar-refractivity contribution in [3.63, 3.8) is 0 Å². The number of benzene rings is 5.